The fourth-order valence-corrected chi connectivity index (χ4v) is 2.91. The molecule has 114 valence electrons. The molecule has 0 aliphatic carbocycles. The predicted molar refractivity (Wildman–Crippen MR) is 84.8 cm³/mol. The van der Waals surface area contributed by atoms with Gasteiger partial charge in [-0.2, -0.15) is 0 Å². The maximum Gasteiger partial charge on any atom is 0.312 e. The number of hydrogen-bond donors (Lipinski definition) is 3. The molecule has 1 unspecified atom stereocenters. The molecule has 0 radical (unpaired) electrons. The largest absolute Gasteiger partial charge is 0.398 e. The van der Waals surface area contributed by atoms with Crippen LogP contribution < -0.4 is 16.8 Å². The van der Waals surface area contributed by atoms with Gasteiger partial charge >= 0.3 is 6.03 Å². The topological polar surface area (TPSA) is 101 Å². The number of carbonyl (C=O) groups is 2. The van der Waals surface area contributed by atoms with Crippen LogP contribution in [0.3, 0.4) is 0 Å². The standard InChI is InChI=1S/C14H19BrN4O2/c15-10-3-4-12(16)11(6-10)13(20)19-5-1-2-9(8-19)7-18-14(17)21/h3-4,6,9H,1-2,5,7-8,16H2,(H3,17,18,21). The van der Waals surface area contributed by atoms with E-state index in [9.17, 15) is 9.59 Å². The van der Waals surface area contributed by atoms with Gasteiger partial charge in [0, 0.05) is 29.8 Å². The summed E-state index contributed by atoms with van der Waals surface area (Å²) in [6.07, 6.45) is 1.88. The Hall–Kier alpha value is -1.76. The molecule has 6 nitrogen and oxygen atoms in total. The second-order valence-corrected chi connectivity index (χ2v) is 6.15. The molecule has 1 fully saturated rings. The first-order valence-corrected chi connectivity index (χ1v) is 7.64. The number of nitrogens with two attached hydrogens (primary N) is 2. The van der Waals surface area contributed by atoms with E-state index in [1.54, 1.807) is 17.0 Å². The maximum atomic E-state index is 12.6. The van der Waals surface area contributed by atoms with Crippen molar-refractivity contribution in [3.63, 3.8) is 0 Å². The van der Waals surface area contributed by atoms with E-state index in [0.717, 1.165) is 17.3 Å². The number of nitrogen functional groups attached to an aromatic ring is 1. The fourth-order valence-electron chi connectivity index (χ4n) is 2.55. The van der Waals surface area contributed by atoms with Crippen molar-refractivity contribution in [1.29, 1.82) is 0 Å². The van der Waals surface area contributed by atoms with Gasteiger partial charge in [-0.15, -0.1) is 0 Å². The number of benzene rings is 1. The molecule has 7 heteroatoms. The van der Waals surface area contributed by atoms with Crippen LogP contribution in [0.25, 0.3) is 0 Å². The van der Waals surface area contributed by atoms with Gasteiger partial charge in [0.1, 0.15) is 0 Å². The van der Waals surface area contributed by atoms with Crippen molar-refractivity contribution < 1.29 is 9.59 Å². The number of primary amides is 1. The molecule has 2 rings (SSSR count). The van der Waals surface area contributed by atoms with Gasteiger partial charge in [-0.25, -0.2) is 4.79 Å². The average Bonchev–Trinajstić information content (AvgIpc) is 2.47. The van der Waals surface area contributed by atoms with Gasteiger partial charge in [0.25, 0.3) is 5.91 Å². The minimum absolute atomic E-state index is 0.0717. The molecule has 1 atom stereocenters. The minimum Gasteiger partial charge on any atom is -0.398 e. The van der Waals surface area contributed by atoms with E-state index in [1.807, 2.05) is 6.07 Å². The van der Waals surface area contributed by atoms with Gasteiger partial charge in [0.15, 0.2) is 0 Å². The number of rotatable bonds is 3. The molecular weight excluding hydrogens is 336 g/mol. The Morgan fingerprint density at radius 1 is 1.43 bits per heavy atom. The molecule has 1 aromatic rings. The summed E-state index contributed by atoms with van der Waals surface area (Å²) in [6, 6.07) is 4.73. The van der Waals surface area contributed by atoms with E-state index < -0.39 is 6.03 Å². The summed E-state index contributed by atoms with van der Waals surface area (Å²) in [6.45, 7) is 1.80. The number of likely N-dealkylation sites (tertiary alicyclic amines) is 1. The molecule has 0 bridgehead atoms. The molecule has 1 aliphatic heterocycles. The van der Waals surface area contributed by atoms with Gasteiger partial charge < -0.3 is 21.7 Å². The Labute approximate surface area is 132 Å². The van der Waals surface area contributed by atoms with Crippen molar-refractivity contribution in [2.24, 2.45) is 11.7 Å². The zero-order chi connectivity index (χ0) is 15.4. The van der Waals surface area contributed by atoms with Crippen molar-refractivity contribution in [3.8, 4) is 0 Å². The molecule has 1 aliphatic rings. The normalized spacial score (nSPS) is 18.3. The second-order valence-electron chi connectivity index (χ2n) is 5.24. The number of halogens is 1. The van der Waals surface area contributed by atoms with Crippen molar-refractivity contribution in [2.45, 2.75) is 12.8 Å². The van der Waals surface area contributed by atoms with E-state index >= 15 is 0 Å². The Kier molecular flexibility index (Phi) is 5.06. The Morgan fingerprint density at radius 2 is 2.19 bits per heavy atom. The van der Waals surface area contributed by atoms with Gasteiger partial charge in [-0.3, -0.25) is 4.79 Å². The summed E-state index contributed by atoms with van der Waals surface area (Å²) in [5.41, 5.74) is 11.9. The highest BCUT2D eigenvalue weighted by atomic mass is 79.9. The van der Waals surface area contributed by atoms with Crippen molar-refractivity contribution in [3.05, 3.63) is 28.2 Å². The molecule has 0 saturated carbocycles. The first kappa shape index (κ1) is 15.6. The van der Waals surface area contributed by atoms with Crippen molar-refractivity contribution in [1.82, 2.24) is 10.2 Å². The Balaban J connectivity index is 2.05. The fraction of sp³-hybridized carbons (Fsp3) is 0.429. The van der Waals surface area contributed by atoms with Crippen LogP contribution in [0.4, 0.5) is 10.5 Å². The van der Waals surface area contributed by atoms with Crippen molar-refractivity contribution in [2.75, 3.05) is 25.4 Å². The molecule has 21 heavy (non-hydrogen) atoms. The highest BCUT2D eigenvalue weighted by molar-refractivity contribution is 9.10. The van der Waals surface area contributed by atoms with Crippen molar-refractivity contribution >= 4 is 33.6 Å². The number of hydrogen-bond acceptors (Lipinski definition) is 3. The molecule has 1 saturated heterocycles. The number of amides is 3. The molecule has 3 amide bonds. The summed E-state index contributed by atoms with van der Waals surface area (Å²) in [7, 11) is 0. The summed E-state index contributed by atoms with van der Waals surface area (Å²) in [5.74, 6) is 0.154. The predicted octanol–water partition coefficient (Wildman–Crippen LogP) is 1.55. The Bertz CT molecular complexity index is 550. The van der Waals surface area contributed by atoms with E-state index in [0.29, 0.717) is 30.9 Å². The highest BCUT2D eigenvalue weighted by Crippen LogP contribution is 2.23. The lowest BCUT2D eigenvalue weighted by Gasteiger charge is -2.33. The second kappa shape index (κ2) is 6.80. The number of anilines is 1. The van der Waals surface area contributed by atoms with Gasteiger partial charge in [0.05, 0.1) is 5.56 Å². The van der Waals surface area contributed by atoms with Crippen LogP contribution >= 0.6 is 15.9 Å². The monoisotopic (exact) mass is 354 g/mol. The third-order valence-electron chi connectivity index (χ3n) is 3.62. The third-order valence-corrected chi connectivity index (χ3v) is 4.11. The zero-order valence-corrected chi connectivity index (χ0v) is 13.2. The van der Waals surface area contributed by atoms with Gasteiger partial charge in [-0.05, 0) is 37.0 Å². The summed E-state index contributed by atoms with van der Waals surface area (Å²) >= 11 is 3.35. The molecule has 1 heterocycles. The van der Waals surface area contributed by atoms with Gasteiger partial charge in [-0.1, -0.05) is 15.9 Å². The first-order chi connectivity index (χ1) is 9.97. The minimum atomic E-state index is -0.533. The number of piperidine rings is 1. The first-order valence-electron chi connectivity index (χ1n) is 6.85. The lowest BCUT2D eigenvalue weighted by Crippen LogP contribution is -2.44. The van der Waals surface area contributed by atoms with Crippen LogP contribution in [0.1, 0.15) is 23.2 Å². The quantitative estimate of drug-likeness (QED) is 0.717. The van der Waals surface area contributed by atoms with E-state index in [-0.39, 0.29) is 11.8 Å². The number of nitrogens with zero attached hydrogens (tertiary/aromatic N) is 1. The number of nitrogens with one attached hydrogen (secondary N) is 1. The SMILES string of the molecule is NC(=O)NCC1CCCN(C(=O)c2cc(Br)ccc2N)C1. The maximum absolute atomic E-state index is 12.6. The number of urea groups is 1. The summed E-state index contributed by atoms with van der Waals surface area (Å²) in [4.78, 5) is 25.1. The van der Waals surface area contributed by atoms with Crippen LogP contribution in [0, 0.1) is 5.92 Å². The third kappa shape index (κ3) is 4.10. The molecule has 0 spiro atoms. The van der Waals surface area contributed by atoms with Crippen LogP contribution in [0.15, 0.2) is 22.7 Å². The van der Waals surface area contributed by atoms with E-state index in [2.05, 4.69) is 21.2 Å². The molecule has 5 N–H and O–H groups in total. The molecule has 0 aromatic heterocycles. The van der Waals surface area contributed by atoms with Crippen LogP contribution in [-0.2, 0) is 0 Å². The van der Waals surface area contributed by atoms with E-state index in [1.165, 1.54) is 0 Å². The van der Waals surface area contributed by atoms with Gasteiger partial charge in [0.2, 0.25) is 0 Å². The summed E-state index contributed by atoms with van der Waals surface area (Å²) in [5, 5.41) is 2.60. The lowest BCUT2D eigenvalue weighted by atomic mass is 9.97. The average molecular weight is 355 g/mol. The molecule has 1 aromatic carbocycles. The Morgan fingerprint density at radius 3 is 2.90 bits per heavy atom. The van der Waals surface area contributed by atoms with E-state index in [4.69, 9.17) is 11.5 Å². The smallest absolute Gasteiger partial charge is 0.312 e. The lowest BCUT2D eigenvalue weighted by molar-refractivity contribution is 0.0676. The van der Waals surface area contributed by atoms with Crippen LogP contribution in [-0.4, -0.2) is 36.5 Å². The molecular formula is C14H19BrN4O2. The van der Waals surface area contributed by atoms with Crippen LogP contribution in [0.5, 0.6) is 0 Å². The summed E-state index contributed by atoms with van der Waals surface area (Å²) < 4.78 is 0.823. The number of carbonyl (C=O) groups excluding carboxylic acids is 2. The van der Waals surface area contributed by atoms with Crippen LogP contribution in [0.2, 0.25) is 0 Å². The highest BCUT2D eigenvalue weighted by Gasteiger charge is 2.25. The zero-order valence-electron chi connectivity index (χ0n) is 11.6.